The van der Waals surface area contributed by atoms with Gasteiger partial charge in [-0.05, 0) is 81.5 Å². The molecule has 4 nitrogen and oxygen atoms in total. The molecule has 1 saturated heterocycles. The first-order chi connectivity index (χ1) is 15.9. The van der Waals surface area contributed by atoms with Crippen LogP contribution < -0.4 is 15.4 Å². The van der Waals surface area contributed by atoms with E-state index >= 15 is 0 Å². The van der Waals surface area contributed by atoms with E-state index in [4.69, 9.17) is 16.3 Å². The number of carbonyl (C=O) groups is 1. The van der Waals surface area contributed by atoms with E-state index in [1.54, 1.807) is 24.3 Å². The summed E-state index contributed by atoms with van der Waals surface area (Å²) in [5, 5.41) is 6.66. The second kappa shape index (κ2) is 10.6. The molecule has 1 aliphatic heterocycles. The molecule has 1 fully saturated rings. The van der Waals surface area contributed by atoms with Crippen LogP contribution in [-0.4, -0.2) is 11.4 Å². The van der Waals surface area contributed by atoms with Crippen LogP contribution in [0, 0.1) is 5.82 Å². The average Bonchev–Trinajstić information content (AvgIpc) is 3.13. The first-order valence-corrected chi connectivity index (χ1v) is 12.4. The van der Waals surface area contributed by atoms with E-state index < -0.39 is 0 Å². The topological polar surface area (TPSA) is 50.4 Å². The number of hydrogen-bond acceptors (Lipinski definition) is 4. The Bertz CT molecular complexity index is 1160. The van der Waals surface area contributed by atoms with Gasteiger partial charge in [-0.2, -0.15) is 0 Å². The quantitative estimate of drug-likeness (QED) is 0.313. The zero-order chi connectivity index (χ0) is 23.4. The number of carbonyl (C=O) groups excluding carboxylic acids is 1. The normalized spacial score (nSPS) is 16.7. The molecule has 1 amide bonds. The van der Waals surface area contributed by atoms with Crippen molar-refractivity contribution in [2.75, 3.05) is 5.32 Å². The van der Waals surface area contributed by atoms with E-state index in [1.165, 1.54) is 29.5 Å². The van der Waals surface area contributed by atoms with Gasteiger partial charge in [0.05, 0.1) is 14.4 Å². The first-order valence-electron chi connectivity index (χ1n) is 10.3. The Hall–Kier alpha value is -2.48. The molecule has 170 valence electrons. The fourth-order valence-corrected chi connectivity index (χ4v) is 5.22. The van der Waals surface area contributed by atoms with Gasteiger partial charge >= 0.3 is 0 Å². The third kappa shape index (κ3) is 6.10. The van der Waals surface area contributed by atoms with Crippen LogP contribution in [0.15, 0.2) is 70.0 Å². The highest BCUT2D eigenvalue weighted by atomic mass is 79.9. The number of thioether (sulfide) groups is 1. The van der Waals surface area contributed by atoms with Crippen molar-refractivity contribution >= 4 is 57.0 Å². The standard InChI is InChI=1S/C25H21BrClFN2O2S/c1-2-15-5-9-19(10-6-15)29-25-30-24(31)22(33-25)13-17-11-20(26)23(21(27)12-17)32-14-16-3-7-18(28)8-4-16/h3-13,25,29H,2,14H2,1H3,(H,30,31)/b22-13-/t25-/m0/s1. The van der Waals surface area contributed by atoms with Gasteiger partial charge in [-0.3, -0.25) is 4.79 Å². The lowest BCUT2D eigenvalue weighted by Gasteiger charge is -2.13. The monoisotopic (exact) mass is 546 g/mol. The molecule has 1 atom stereocenters. The van der Waals surface area contributed by atoms with Gasteiger partial charge in [-0.25, -0.2) is 4.39 Å². The molecule has 8 heteroatoms. The van der Waals surface area contributed by atoms with E-state index in [0.717, 1.165) is 23.2 Å². The van der Waals surface area contributed by atoms with E-state index in [-0.39, 0.29) is 23.8 Å². The van der Waals surface area contributed by atoms with Gasteiger partial charge in [0.25, 0.3) is 5.91 Å². The van der Waals surface area contributed by atoms with E-state index in [0.29, 0.717) is 20.2 Å². The number of anilines is 1. The maximum atomic E-state index is 13.1. The molecule has 3 aromatic rings. The molecular weight excluding hydrogens is 527 g/mol. The van der Waals surface area contributed by atoms with Crippen molar-refractivity contribution in [1.29, 1.82) is 0 Å². The first kappa shape index (κ1) is 23.7. The van der Waals surface area contributed by atoms with Gasteiger partial charge in [0.2, 0.25) is 0 Å². The number of ether oxygens (including phenoxy) is 1. The SMILES string of the molecule is CCc1ccc(N[C@H]2NC(=O)/C(=C/c3cc(Cl)c(OCc4ccc(F)cc4)c(Br)c3)S2)cc1. The number of aryl methyl sites for hydroxylation is 1. The average molecular weight is 548 g/mol. The number of nitrogens with one attached hydrogen (secondary N) is 2. The van der Waals surface area contributed by atoms with Crippen molar-refractivity contribution in [3.05, 3.63) is 97.6 Å². The van der Waals surface area contributed by atoms with Crippen LogP contribution in [0.1, 0.15) is 23.6 Å². The highest BCUT2D eigenvalue weighted by Crippen LogP contribution is 2.37. The number of hydrogen-bond donors (Lipinski definition) is 2. The van der Waals surface area contributed by atoms with Gasteiger partial charge in [0.15, 0.2) is 11.2 Å². The molecule has 0 aromatic heterocycles. The minimum atomic E-state index is -0.295. The predicted octanol–water partition coefficient (Wildman–Crippen LogP) is 6.98. The fourth-order valence-electron chi connectivity index (χ4n) is 3.24. The Kier molecular flexibility index (Phi) is 7.63. The fraction of sp³-hybridized carbons (Fsp3) is 0.160. The summed E-state index contributed by atoms with van der Waals surface area (Å²) in [6, 6.07) is 17.8. The van der Waals surface area contributed by atoms with Crippen molar-refractivity contribution in [1.82, 2.24) is 5.32 Å². The maximum absolute atomic E-state index is 13.1. The molecule has 0 spiro atoms. The smallest absolute Gasteiger partial charge is 0.260 e. The summed E-state index contributed by atoms with van der Waals surface area (Å²) in [7, 11) is 0. The molecule has 0 radical (unpaired) electrons. The van der Waals surface area contributed by atoms with Gasteiger partial charge in [-0.1, -0.05) is 54.6 Å². The van der Waals surface area contributed by atoms with Crippen molar-refractivity contribution < 1.29 is 13.9 Å². The van der Waals surface area contributed by atoms with Crippen LogP contribution in [0.4, 0.5) is 10.1 Å². The molecule has 1 heterocycles. The molecule has 0 bridgehead atoms. The highest BCUT2D eigenvalue weighted by Gasteiger charge is 2.27. The van der Waals surface area contributed by atoms with Crippen molar-refractivity contribution in [3.63, 3.8) is 0 Å². The molecule has 0 aliphatic carbocycles. The molecule has 0 saturated carbocycles. The Labute approximate surface area is 209 Å². The molecule has 0 unspecified atom stereocenters. The lowest BCUT2D eigenvalue weighted by molar-refractivity contribution is -0.116. The summed E-state index contributed by atoms with van der Waals surface area (Å²) < 4.78 is 19.6. The lowest BCUT2D eigenvalue weighted by Crippen LogP contribution is -2.30. The second-order valence-electron chi connectivity index (χ2n) is 7.40. The van der Waals surface area contributed by atoms with Gasteiger partial charge < -0.3 is 15.4 Å². The summed E-state index contributed by atoms with van der Waals surface area (Å²) in [5.41, 5.74) is 3.55. The van der Waals surface area contributed by atoms with E-state index in [2.05, 4.69) is 45.6 Å². The van der Waals surface area contributed by atoms with Crippen molar-refractivity contribution in [2.24, 2.45) is 0 Å². The molecule has 3 aromatic carbocycles. The van der Waals surface area contributed by atoms with E-state index in [1.807, 2.05) is 18.2 Å². The number of amides is 1. The summed E-state index contributed by atoms with van der Waals surface area (Å²) in [6.07, 6.45) is 2.78. The molecule has 1 aliphatic rings. The summed E-state index contributed by atoms with van der Waals surface area (Å²) >= 11 is 11.4. The van der Waals surface area contributed by atoms with Crippen LogP contribution in [-0.2, 0) is 17.8 Å². The minimum Gasteiger partial charge on any atom is -0.486 e. The largest absolute Gasteiger partial charge is 0.486 e. The Morgan fingerprint density at radius 3 is 2.52 bits per heavy atom. The lowest BCUT2D eigenvalue weighted by atomic mass is 10.1. The highest BCUT2D eigenvalue weighted by molar-refractivity contribution is 9.10. The van der Waals surface area contributed by atoms with E-state index in [9.17, 15) is 9.18 Å². The second-order valence-corrected chi connectivity index (χ2v) is 9.81. The predicted molar refractivity (Wildman–Crippen MR) is 137 cm³/mol. The number of rotatable bonds is 7. The van der Waals surface area contributed by atoms with Crippen LogP contribution in [0.25, 0.3) is 6.08 Å². The van der Waals surface area contributed by atoms with Crippen LogP contribution in [0.3, 0.4) is 0 Å². The molecule has 2 N–H and O–H groups in total. The van der Waals surface area contributed by atoms with Gasteiger partial charge in [0, 0.05) is 5.69 Å². The van der Waals surface area contributed by atoms with Gasteiger partial charge in [-0.15, -0.1) is 0 Å². The third-order valence-corrected chi connectivity index (χ3v) is 6.90. The number of halogens is 3. The molecule has 33 heavy (non-hydrogen) atoms. The third-order valence-electron chi connectivity index (χ3n) is 5.01. The summed E-state index contributed by atoms with van der Waals surface area (Å²) in [4.78, 5) is 13.0. The minimum absolute atomic E-state index is 0.147. The number of benzene rings is 3. The maximum Gasteiger partial charge on any atom is 0.260 e. The summed E-state index contributed by atoms with van der Waals surface area (Å²) in [5.74, 6) is 0.0457. The molecular formula is C25H21BrClFN2O2S. The van der Waals surface area contributed by atoms with Gasteiger partial charge in [0.1, 0.15) is 12.4 Å². The van der Waals surface area contributed by atoms with Crippen LogP contribution in [0.2, 0.25) is 5.02 Å². The van der Waals surface area contributed by atoms with Crippen molar-refractivity contribution in [3.8, 4) is 5.75 Å². The van der Waals surface area contributed by atoms with Crippen molar-refractivity contribution in [2.45, 2.75) is 25.4 Å². The Morgan fingerprint density at radius 2 is 1.85 bits per heavy atom. The Morgan fingerprint density at radius 1 is 1.15 bits per heavy atom. The van der Waals surface area contributed by atoms with Crippen LogP contribution >= 0.6 is 39.3 Å². The Balaban J connectivity index is 1.43. The zero-order valence-corrected chi connectivity index (χ0v) is 20.9. The summed E-state index contributed by atoms with van der Waals surface area (Å²) in [6.45, 7) is 2.37. The molecule has 4 rings (SSSR count). The zero-order valence-electron chi connectivity index (χ0n) is 17.7. The van der Waals surface area contributed by atoms with Crippen LogP contribution in [0.5, 0.6) is 5.75 Å².